The molecule has 1 aromatic carbocycles. The predicted octanol–water partition coefficient (Wildman–Crippen LogP) is 2.96. The molecule has 1 saturated heterocycles. The van der Waals surface area contributed by atoms with Crippen LogP contribution < -0.4 is 5.32 Å². The molecule has 2 heterocycles. The number of aromatic nitrogens is 2. The fourth-order valence-corrected chi connectivity index (χ4v) is 3.08. The molecule has 1 N–H and O–H groups in total. The van der Waals surface area contributed by atoms with Gasteiger partial charge in [0.1, 0.15) is 5.82 Å². The first-order chi connectivity index (χ1) is 13.1. The highest BCUT2D eigenvalue weighted by Gasteiger charge is 2.29. The molecule has 0 atom stereocenters. The minimum Gasteiger partial charge on any atom is -0.311 e. The molecule has 1 aliphatic rings. The molecule has 0 bridgehead atoms. The second-order valence-corrected chi connectivity index (χ2v) is 8.15. The first-order valence-electron chi connectivity index (χ1n) is 9.46. The quantitative estimate of drug-likeness (QED) is 0.806. The Balaban J connectivity index is 1.80. The third kappa shape index (κ3) is 4.30. The number of carbonyl (C=O) groups is 3. The van der Waals surface area contributed by atoms with Crippen molar-refractivity contribution in [1.82, 2.24) is 14.7 Å². The van der Waals surface area contributed by atoms with Crippen molar-refractivity contribution in [3.8, 4) is 5.69 Å². The minimum absolute atomic E-state index is 0.0569. The zero-order chi connectivity index (χ0) is 20.5. The lowest BCUT2D eigenvalue weighted by Crippen LogP contribution is -2.32. The van der Waals surface area contributed by atoms with Crippen LogP contribution in [-0.4, -0.2) is 38.9 Å². The lowest BCUT2D eigenvalue weighted by Gasteiger charge is -2.14. The molecule has 7 heteroatoms. The Morgan fingerprint density at radius 3 is 2.43 bits per heavy atom. The Morgan fingerprint density at radius 2 is 1.82 bits per heavy atom. The van der Waals surface area contributed by atoms with Crippen LogP contribution in [0.5, 0.6) is 0 Å². The molecule has 1 fully saturated rings. The first-order valence-corrected chi connectivity index (χ1v) is 9.46. The van der Waals surface area contributed by atoms with Crippen molar-refractivity contribution in [2.45, 2.75) is 52.4 Å². The molecule has 2 aromatic rings. The van der Waals surface area contributed by atoms with Crippen molar-refractivity contribution in [2.75, 3.05) is 11.9 Å². The third-order valence-electron chi connectivity index (χ3n) is 4.71. The van der Waals surface area contributed by atoms with Crippen molar-refractivity contribution in [2.24, 2.45) is 0 Å². The van der Waals surface area contributed by atoms with Gasteiger partial charge in [0.05, 0.1) is 11.4 Å². The van der Waals surface area contributed by atoms with Crippen LogP contribution in [-0.2, 0) is 19.8 Å². The Hall–Kier alpha value is -2.96. The molecule has 1 aromatic heterocycles. The van der Waals surface area contributed by atoms with Gasteiger partial charge in [-0.25, -0.2) is 4.68 Å². The maximum atomic E-state index is 12.5. The zero-order valence-electron chi connectivity index (χ0n) is 16.8. The SMILES string of the molecule is Cc1cccc(-n2nc(C(C)(C)C)cc2NC(=O)CCN2C(=O)CCC2=O)c1. The number of hydrogen-bond donors (Lipinski definition) is 1. The number of nitrogens with one attached hydrogen (secondary N) is 1. The summed E-state index contributed by atoms with van der Waals surface area (Å²) in [4.78, 5) is 37.1. The van der Waals surface area contributed by atoms with Gasteiger partial charge in [-0.15, -0.1) is 0 Å². The number of aryl methyl sites for hydroxylation is 1. The molecule has 0 aliphatic carbocycles. The maximum absolute atomic E-state index is 12.5. The molecule has 0 unspecified atom stereocenters. The van der Waals surface area contributed by atoms with Gasteiger partial charge in [-0.3, -0.25) is 19.3 Å². The van der Waals surface area contributed by atoms with E-state index in [0.29, 0.717) is 5.82 Å². The molecular weight excluding hydrogens is 356 g/mol. The number of amides is 3. The molecule has 3 rings (SSSR count). The van der Waals surface area contributed by atoms with Crippen LogP contribution in [0.1, 0.15) is 51.3 Å². The van der Waals surface area contributed by atoms with E-state index in [4.69, 9.17) is 5.10 Å². The van der Waals surface area contributed by atoms with Crippen molar-refractivity contribution in [1.29, 1.82) is 0 Å². The van der Waals surface area contributed by atoms with Crippen LogP contribution in [0.4, 0.5) is 5.82 Å². The van der Waals surface area contributed by atoms with Gasteiger partial charge in [0.2, 0.25) is 17.7 Å². The average molecular weight is 382 g/mol. The fourth-order valence-electron chi connectivity index (χ4n) is 3.08. The normalized spacial score (nSPS) is 14.6. The van der Waals surface area contributed by atoms with Crippen molar-refractivity contribution in [3.05, 3.63) is 41.6 Å². The van der Waals surface area contributed by atoms with E-state index in [1.807, 2.05) is 37.3 Å². The molecule has 3 amide bonds. The largest absolute Gasteiger partial charge is 0.311 e. The number of anilines is 1. The third-order valence-corrected chi connectivity index (χ3v) is 4.71. The topological polar surface area (TPSA) is 84.3 Å². The summed E-state index contributed by atoms with van der Waals surface area (Å²) < 4.78 is 1.72. The first kappa shape index (κ1) is 19.8. The van der Waals surface area contributed by atoms with Crippen molar-refractivity contribution < 1.29 is 14.4 Å². The minimum atomic E-state index is -0.262. The second kappa shape index (κ2) is 7.58. The number of imide groups is 1. The number of benzene rings is 1. The molecule has 7 nitrogen and oxygen atoms in total. The van der Waals surface area contributed by atoms with E-state index in [1.54, 1.807) is 4.68 Å². The van der Waals surface area contributed by atoms with Gasteiger partial charge in [0.25, 0.3) is 0 Å². The molecular formula is C21H26N4O3. The van der Waals surface area contributed by atoms with Crippen molar-refractivity contribution in [3.63, 3.8) is 0 Å². The van der Waals surface area contributed by atoms with E-state index in [0.717, 1.165) is 21.8 Å². The van der Waals surface area contributed by atoms with Crippen LogP contribution in [0.25, 0.3) is 5.69 Å². The summed E-state index contributed by atoms with van der Waals surface area (Å²) in [5.41, 5.74) is 2.63. The van der Waals surface area contributed by atoms with Gasteiger partial charge in [0.15, 0.2) is 0 Å². The number of hydrogen-bond acceptors (Lipinski definition) is 4. The van der Waals surface area contributed by atoms with Gasteiger partial charge in [-0.1, -0.05) is 32.9 Å². The standard InChI is InChI=1S/C21H26N4O3/c1-14-6-5-7-15(12-14)25-17(13-16(23-25)21(2,3)4)22-18(26)10-11-24-19(27)8-9-20(24)28/h5-7,12-13H,8-11H2,1-4H3,(H,22,26). The highest BCUT2D eigenvalue weighted by molar-refractivity contribution is 6.02. The lowest BCUT2D eigenvalue weighted by atomic mass is 9.92. The Bertz CT molecular complexity index is 908. The molecule has 0 radical (unpaired) electrons. The smallest absolute Gasteiger partial charge is 0.229 e. The van der Waals surface area contributed by atoms with Gasteiger partial charge in [-0.05, 0) is 24.6 Å². The van der Waals surface area contributed by atoms with Crippen LogP contribution in [0.2, 0.25) is 0 Å². The van der Waals surface area contributed by atoms with E-state index in [2.05, 4.69) is 26.1 Å². The summed E-state index contributed by atoms with van der Waals surface area (Å²) in [6.45, 7) is 8.29. The van der Waals surface area contributed by atoms with Gasteiger partial charge < -0.3 is 5.32 Å². The summed E-state index contributed by atoms with van der Waals surface area (Å²) in [6, 6.07) is 9.74. The highest BCUT2D eigenvalue weighted by atomic mass is 16.2. The maximum Gasteiger partial charge on any atom is 0.229 e. The number of rotatable bonds is 5. The van der Waals surface area contributed by atoms with Crippen LogP contribution in [0.15, 0.2) is 30.3 Å². The Labute approximate surface area is 164 Å². The fraction of sp³-hybridized carbons (Fsp3) is 0.429. The summed E-state index contributed by atoms with van der Waals surface area (Å²) in [5, 5.41) is 7.58. The lowest BCUT2D eigenvalue weighted by molar-refractivity contribution is -0.138. The average Bonchev–Trinajstić information content (AvgIpc) is 3.17. The Kier molecular flexibility index (Phi) is 5.36. The van der Waals surface area contributed by atoms with E-state index in [9.17, 15) is 14.4 Å². The van der Waals surface area contributed by atoms with Crippen molar-refractivity contribution >= 4 is 23.5 Å². The van der Waals surface area contributed by atoms with E-state index >= 15 is 0 Å². The Morgan fingerprint density at radius 1 is 1.14 bits per heavy atom. The summed E-state index contributed by atoms with van der Waals surface area (Å²) in [7, 11) is 0. The van der Waals surface area contributed by atoms with E-state index < -0.39 is 0 Å². The van der Waals surface area contributed by atoms with Crippen LogP contribution in [0, 0.1) is 6.92 Å². The second-order valence-electron chi connectivity index (χ2n) is 8.15. The summed E-state index contributed by atoms with van der Waals surface area (Å²) in [5.74, 6) is -0.114. The zero-order valence-corrected chi connectivity index (χ0v) is 16.8. The van der Waals surface area contributed by atoms with Crippen LogP contribution >= 0.6 is 0 Å². The molecule has 0 saturated carbocycles. The monoisotopic (exact) mass is 382 g/mol. The van der Waals surface area contributed by atoms with Gasteiger partial charge in [0, 0.05) is 37.3 Å². The predicted molar refractivity (Wildman–Crippen MR) is 106 cm³/mol. The summed E-state index contributed by atoms with van der Waals surface area (Å²) >= 11 is 0. The number of nitrogens with zero attached hydrogens (tertiary/aromatic N) is 3. The number of carbonyl (C=O) groups excluding carboxylic acids is 3. The van der Waals surface area contributed by atoms with Gasteiger partial charge in [-0.2, -0.15) is 5.10 Å². The summed E-state index contributed by atoms with van der Waals surface area (Å²) in [6.07, 6.45) is 0.520. The molecule has 28 heavy (non-hydrogen) atoms. The highest BCUT2D eigenvalue weighted by Crippen LogP contribution is 2.26. The molecule has 0 spiro atoms. The molecule has 1 aliphatic heterocycles. The van der Waals surface area contributed by atoms with Gasteiger partial charge >= 0.3 is 0 Å². The molecule has 148 valence electrons. The van der Waals surface area contributed by atoms with E-state index in [1.165, 1.54) is 0 Å². The van der Waals surface area contributed by atoms with E-state index in [-0.39, 0.29) is 48.9 Å². The van der Waals surface area contributed by atoms with Crippen LogP contribution in [0.3, 0.4) is 0 Å². The number of likely N-dealkylation sites (tertiary alicyclic amines) is 1.